The van der Waals surface area contributed by atoms with Crippen molar-refractivity contribution in [3.63, 3.8) is 0 Å². The summed E-state index contributed by atoms with van der Waals surface area (Å²) >= 11 is 0. The van der Waals surface area contributed by atoms with Crippen LogP contribution in [0.1, 0.15) is 0 Å². The number of rotatable bonds is 8. The molecular formula is C11H17NaO6. The van der Waals surface area contributed by atoms with Crippen molar-refractivity contribution >= 4 is 5.97 Å². The van der Waals surface area contributed by atoms with Gasteiger partial charge in [0, 0.05) is 0 Å². The summed E-state index contributed by atoms with van der Waals surface area (Å²) in [5, 5.41) is 9.14. The van der Waals surface area contributed by atoms with Gasteiger partial charge in [0.1, 0.15) is 12.2 Å². The van der Waals surface area contributed by atoms with Crippen LogP contribution in [0.5, 0.6) is 0 Å². The van der Waals surface area contributed by atoms with Crippen molar-refractivity contribution in [1.29, 1.82) is 0 Å². The monoisotopic (exact) mass is 268 g/mol. The van der Waals surface area contributed by atoms with Crippen LogP contribution in [0.25, 0.3) is 0 Å². The van der Waals surface area contributed by atoms with Gasteiger partial charge in [-0.05, 0) is 6.08 Å². The predicted molar refractivity (Wildman–Crippen MR) is 56.3 cm³/mol. The van der Waals surface area contributed by atoms with E-state index in [1.807, 2.05) is 0 Å². The summed E-state index contributed by atoms with van der Waals surface area (Å²) in [6.45, 7) is 7.36. The minimum absolute atomic E-state index is 0. The summed E-state index contributed by atoms with van der Waals surface area (Å²) in [6.07, 6.45) is 1.44. The quantitative estimate of drug-likeness (QED) is 0.192. The molecule has 2 heterocycles. The Kier molecular flexibility index (Phi) is 11.0. The normalized spacial score (nSPS) is 23.1. The number of carbonyl (C=O) groups is 1. The first-order valence-electron chi connectivity index (χ1n) is 5.44. The molecule has 2 rings (SSSR count). The summed E-state index contributed by atoms with van der Waals surface area (Å²) in [5.74, 6) is -1.23. The van der Waals surface area contributed by atoms with Crippen molar-refractivity contribution in [3.8, 4) is 0 Å². The van der Waals surface area contributed by atoms with Gasteiger partial charge in [0.05, 0.1) is 45.6 Å². The molecule has 2 saturated heterocycles. The third-order valence-corrected chi connectivity index (χ3v) is 1.95. The van der Waals surface area contributed by atoms with Gasteiger partial charge in [-0.25, -0.2) is 0 Å². The van der Waals surface area contributed by atoms with Crippen LogP contribution in [0.3, 0.4) is 0 Å². The van der Waals surface area contributed by atoms with Gasteiger partial charge in [-0.15, -0.1) is 0 Å². The average molecular weight is 268 g/mol. The van der Waals surface area contributed by atoms with Gasteiger partial charge in [0.15, 0.2) is 0 Å². The maximum absolute atomic E-state index is 9.14. The molecule has 7 heteroatoms. The van der Waals surface area contributed by atoms with E-state index < -0.39 is 5.97 Å². The zero-order valence-electron chi connectivity index (χ0n) is 10.6. The van der Waals surface area contributed by atoms with E-state index in [1.165, 1.54) is 0 Å². The van der Waals surface area contributed by atoms with E-state index in [9.17, 15) is 0 Å². The fourth-order valence-corrected chi connectivity index (χ4v) is 0.876. The second-order valence-corrected chi connectivity index (χ2v) is 3.58. The molecule has 0 spiro atoms. The van der Waals surface area contributed by atoms with Crippen LogP contribution in [0.2, 0.25) is 0 Å². The zero-order valence-corrected chi connectivity index (χ0v) is 12.6. The van der Waals surface area contributed by atoms with Crippen molar-refractivity contribution in [3.05, 3.63) is 12.7 Å². The van der Waals surface area contributed by atoms with Gasteiger partial charge < -0.3 is 28.8 Å². The first kappa shape index (κ1) is 18.0. The second-order valence-electron chi connectivity index (χ2n) is 3.58. The molecule has 0 aromatic carbocycles. The number of carboxylic acid groups (broad SMARTS) is 1. The minimum atomic E-state index is -1.23. The molecule has 2 unspecified atom stereocenters. The molecule has 0 aromatic heterocycles. The summed E-state index contributed by atoms with van der Waals surface area (Å²) in [4.78, 5) is 9.14. The molecule has 6 nitrogen and oxygen atoms in total. The van der Waals surface area contributed by atoms with Gasteiger partial charge >= 0.3 is 29.6 Å². The number of hydrogen-bond donors (Lipinski definition) is 0. The SMILES string of the molecule is C(COCC1CO1)OCC1CO1.C=CC(=O)[O-].[Na+]. The van der Waals surface area contributed by atoms with Crippen molar-refractivity contribution in [2.75, 3.05) is 39.6 Å². The molecule has 0 radical (unpaired) electrons. The molecule has 0 amide bonds. The molecule has 2 atom stereocenters. The standard InChI is InChI=1S/C8H14O4.C3H4O2.Na/c1(9-3-7-5-11-7)2-10-4-8-6-12-8;1-2-3(4)5;/h7-8H,1-6H2;2H,1H2,(H,4,5);/q;;+1/p-1. The Hall–Kier alpha value is 0.0500. The number of hydrogen-bond acceptors (Lipinski definition) is 6. The average Bonchev–Trinajstić information content (AvgIpc) is 3.16. The smallest absolute Gasteiger partial charge is 0.545 e. The maximum atomic E-state index is 9.14. The third-order valence-electron chi connectivity index (χ3n) is 1.95. The van der Waals surface area contributed by atoms with E-state index in [1.54, 1.807) is 0 Å². The first-order chi connectivity index (χ1) is 8.22. The Morgan fingerprint density at radius 3 is 1.78 bits per heavy atom. The van der Waals surface area contributed by atoms with Gasteiger partial charge in [-0.3, -0.25) is 0 Å². The number of aliphatic carboxylic acids is 1. The Morgan fingerprint density at radius 1 is 1.22 bits per heavy atom. The number of carbonyl (C=O) groups excluding carboxylic acids is 1. The van der Waals surface area contributed by atoms with Crippen molar-refractivity contribution in [2.24, 2.45) is 0 Å². The van der Waals surface area contributed by atoms with Crippen LogP contribution in [0.4, 0.5) is 0 Å². The largest absolute Gasteiger partial charge is 1.00 e. The Morgan fingerprint density at radius 2 is 1.56 bits per heavy atom. The van der Waals surface area contributed by atoms with Gasteiger partial charge in [0.2, 0.25) is 0 Å². The van der Waals surface area contributed by atoms with Crippen LogP contribution in [-0.4, -0.2) is 57.8 Å². The molecule has 0 saturated carbocycles. The fraction of sp³-hybridized carbons (Fsp3) is 0.727. The van der Waals surface area contributed by atoms with Crippen LogP contribution in [-0.2, 0) is 23.7 Å². The number of carboxylic acids is 1. The van der Waals surface area contributed by atoms with E-state index in [2.05, 4.69) is 6.58 Å². The third kappa shape index (κ3) is 12.5. The summed E-state index contributed by atoms with van der Waals surface area (Å²) < 4.78 is 20.5. The molecule has 0 aliphatic carbocycles. The summed E-state index contributed by atoms with van der Waals surface area (Å²) in [6, 6.07) is 0. The van der Waals surface area contributed by atoms with Crippen molar-refractivity contribution in [2.45, 2.75) is 12.2 Å². The predicted octanol–water partition coefficient (Wildman–Crippen LogP) is -4.26. The topological polar surface area (TPSA) is 83.6 Å². The molecule has 2 fully saturated rings. The Balaban J connectivity index is 0.000000421. The molecule has 0 aromatic rings. The fourth-order valence-electron chi connectivity index (χ4n) is 0.876. The number of epoxide rings is 2. The molecular weight excluding hydrogens is 251 g/mol. The van der Waals surface area contributed by atoms with Crippen LogP contribution in [0, 0.1) is 0 Å². The van der Waals surface area contributed by atoms with E-state index >= 15 is 0 Å². The molecule has 0 bridgehead atoms. The van der Waals surface area contributed by atoms with E-state index in [4.69, 9.17) is 28.8 Å². The summed E-state index contributed by atoms with van der Waals surface area (Å²) in [7, 11) is 0. The van der Waals surface area contributed by atoms with Crippen LogP contribution >= 0.6 is 0 Å². The minimum Gasteiger partial charge on any atom is -0.545 e. The second kappa shape index (κ2) is 10.9. The molecule has 18 heavy (non-hydrogen) atoms. The molecule has 2 aliphatic heterocycles. The Bertz CT molecular complexity index is 224. The summed E-state index contributed by atoms with van der Waals surface area (Å²) in [5.41, 5.74) is 0. The van der Waals surface area contributed by atoms with E-state index in [-0.39, 0.29) is 29.6 Å². The van der Waals surface area contributed by atoms with E-state index in [0.29, 0.717) is 38.6 Å². The van der Waals surface area contributed by atoms with E-state index in [0.717, 1.165) is 19.3 Å². The molecule has 98 valence electrons. The van der Waals surface area contributed by atoms with Crippen molar-refractivity contribution < 1.29 is 58.4 Å². The van der Waals surface area contributed by atoms with Crippen molar-refractivity contribution in [1.82, 2.24) is 0 Å². The van der Waals surface area contributed by atoms with Gasteiger partial charge in [-0.1, -0.05) is 6.58 Å². The van der Waals surface area contributed by atoms with Gasteiger partial charge in [0.25, 0.3) is 0 Å². The number of ether oxygens (including phenoxy) is 4. The molecule has 2 aliphatic rings. The molecule has 0 N–H and O–H groups in total. The zero-order chi connectivity index (χ0) is 12.5. The van der Waals surface area contributed by atoms with Gasteiger partial charge in [-0.2, -0.15) is 0 Å². The first-order valence-corrected chi connectivity index (χ1v) is 5.44. The maximum Gasteiger partial charge on any atom is 1.00 e. The van der Waals surface area contributed by atoms with Crippen LogP contribution < -0.4 is 34.7 Å². The van der Waals surface area contributed by atoms with Crippen LogP contribution in [0.15, 0.2) is 12.7 Å². The Labute approximate surface area is 129 Å².